The number of hydrogen-bond donors (Lipinski definition) is 5. The summed E-state index contributed by atoms with van der Waals surface area (Å²) in [6.45, 7) is 2.02. The zero-order chi connectivity index (χ0) is 28.1. The molecule has 0 aromatic heterocycles. The number of aromatic carboxylic acids is 2. The number of carboxylic acids is 2. The van der Waals surface area contributed by atoms with Gasteiger partial charge in [-0.1, -0.05) is 78.9 Å². The van der Waals surface area contributed by atoms with Crippen LogP contribution in [0.3, 0.4) is 0 Å². The molecule has 0 aliphatic rings. The Bertz CT molecular complexity index is 1560. The second-order valence-electron chi connectivity index (χ2n) is 9.40. The summed E-state index contributed by atoms with van der Waals surface area (Å²) in [6.07, 6.45) is 0.932. The molecule has 0 amide bonds. The van der Waals surface area contributed by atoms with Gasteiger partial charge in [-0.2, -0.15) is 0 Å². The number of rotatable bonds is 6. The van der Waals surface area contributed by atoms with Gasteiger partial charge < -0.3 is 26.2 Å². The Labute approximate surface area is 225 Å². The Morgan fingerprint density at radius 1 is 0.692 bits per heavy atom. The second kappa shape index (κ2) is 11.7. The van der Waals surface area contributed by atoms with Crippen molar-refractivity contribution in [3.05, 3.63) is 119 Å². The van der Waals surface area contributed by atoms with Crippen molar-refractivity contribution in [3.8, 4) is 11.5 Å². The number of benzene rings is 5. The lowest BCUT2D eigenvalue weighted by Gasteiger charge is -2.16. The van der Waals surface area contributed by atoms with Crippen molar-refractivity contribution in [1.82, 2.24) is 0 Å². The standard InChI is InChI=1S/C23H16O6.C9H13N/c24-20-16(14-7-3-1-5-12(14)9-18(20)22(26)27)11-17-15-8-4-2-6-13(15)10-19(21(17)25)23(28)29;1-8(10)7-9-5-3-2-4-6-9/h1-10,24-25H,11H2,(H,26,27)(H,28,29);2-6,8H,7,10H2,1H3. The van der Waals surface area contributed by atoms with Crippen molar-refractivity contribution in [2.24, 2.45) is 5.73 Å². The van der Waals surface area contributed by atoms with E-state index in [0.717, 1.165) is 6.42 Å². The van der Waals surface area contributed by atoms with Crippen molar-refractivity contribution in [2.45, 2.75) is 25.8 Å². The largest absolute Gasteiger partial charge is 0.507 e. The van der Waals surface area contributed by atoms with Crippen LogP contribution in [0.5, 0.6) is 11.5 Å². The predicted octanol–water partition coefficient (Wildman–Crippen LogP) is 5.97. The third kappa shape index (κ3) is 6.00. The van der Waals surface area contributed by atoms with E-state index in [4.69, 9.17) is 5.73 Å². The van der Waals surface area contributed by atoms with Crippen molar-refractivity contribution in [3.63, 3.8) is 0 Å². The van der Waals surface area contributed by atoms with Gasteiger partial charge in [0.25, 0.3) is 0 Å². The van der Waals surface area contributed by atoms with Gasteiger partial charge in [0.1, 0.15) is 22.6 Å². The second-order valence-corrected chi connectivity index (χ2v) is 9.40. The van der Waals surface area contributed by atoms with E-state index < -0.39 is 23.4 Å². The van der Waals surface area contributed by atoms with Gasteiger partial charge in [0, 0.05) is 23.6 Å². The molecule has 7 nitrogen and oxygen atoms in total. The highest BCUT2D eigenvalue weighted by Crippen LogP contribution is 2.38. The summed E-state index contributed by atoms with van der Waals surface area (Å²) in [5.74, 6) is -3.36. The van der Waals surface area contributed by atoms with E-state index in [1.807, 2.05) is 25.1 Å². The highest BCUT2D eigenvalue weighted by atomic mass is 16.4. The Morgan fingerprint density at radius 2 is 1.10 bits per heavy atom. The van der Waals surface area contributed by atoms with Crippen LogP contribution in [-0.4, -0.2) is 38.4 Å². The van der Waals surface area contributed by atoms with Gasteiger partial charge in [0.2, 0.25) is 0 Å². The summed E-state index contributed by atoms with van der Waals surface area (Å²) in [5.41, 5.74) is 7.05. The van der Waals surface area contributed by atoms with Crippen molar-refractivity contribution < 1.29 is 30.0 Å². The molecule has 1 unspecified atom stereocenters. The molecule has 0 saturated heterocycles. The minimum atomic E-state index is -1.28. The van der Waals surface area contributed by atoms with Crippen LogP contribution in [0.1, 0.15) is 44.3 Å². The minimum absolute atomic E-state index is 0.0407. The first-order chi connectivity index (χ1) is 18.7. The zero-order valence-electron chi connectivity index (χ0n) is 21.3. The van der Waals surface area contributed by atoms with Crippen molar-refractivity contribution in [1.29, 1.82) is 0 Å². The molecule has 0 saturated carbocycles. The number of hydrogen-bond acceptors (Lipinski definition) is 5. The van der Waals surface area contributed by atoms with Gasteiger partial charge in [-0.15, -0.1) is 0 Å². The molecule has 5 rings (SSSR count). The maximum atomic E-state index is 11.6. The molecule has 0 aliphatic carbocycles. The molecule has 0 fully saturated rings. The SMILES string of the molecule is CC(N)Cc1ccccc1.O=C(O)c1cc2ccccc2c(Cc2c(O)c(C(=O)O)cc3ccccc23)c1O. The van der Waals surface area contributed by atoms with Crippen LogP contribution in [0, 0.1) is 0 Å². The molecular formula is C32H29NO6. The number of phenols is 2. The Kier molecular flexibility index (Phi) is 8.13. The molecule has 0 aliphatic heterocycles. The van der Waals surface area contributed by atoms with Crippen LogP contribution in [0.25, 0.3) is 21.5 Å². The fraction of sp³-hybridized carbons (Fsp3) is 0.125. The van der Waals surface area contributed by atoms with E-state index in [1.165, 1.54) is 17.7 Å². The Hall–Kier alpha value is -4.88. The third-order valence-corrected chi connectivity index (χ3v) is 6.47. The number of carbonyl (C=O) groups is 2. The topological polar surface area (TPSA) is 141 Å². The average molecular weight is 524 g/mol. The molecular weight excluding hydrogens is 494 g/mol. The Balaban J connectivity index is 0.000000298. The summed E-state index contributed by atoms with van der Waals surface area (Å²) in [7, 11) is 0. The first-order valence-corrected chi connectivity index (χ1v) is 12.4. The molecule has 1 atom stereocenters. The number of nitrogens with two attached hydrogens (primary N) is 1. The van der Waals surface area contributed by atoms with Crippen LogP contribution in [0.15, 0.2) is 91.0 Å². The van der Waals surface area contributed by atoms with Crippen LogP contribution in [0.4, 0.5) is 0 Å². The van der Waals surface area contributed by atoms with Crippen LogP contribution in [0.2, 0.25) is 0 Å². The quantitative estimate of drug-likeness (QED) is 0.185. The monoisotopic (exact) mass is 523 g/mol. The lowest BCUT2D eigenvalue weighted by atomic mass is 9.90. The molecule has 0 heterocycles. The lowest BCUT2D eigenvalue weighted by molar-refractivity contribution is 0.0682. The molecule has 6 N–H and O–H groups in total. The first kappa shape index (κ1) is 27.2. The van der Waals surface area contributed by atoms with E-state index >= 15 is 0 Å². The molecule has 0 radical (unpaired) electrons. The third-order valence-electron chi connectivity index (χ3n) is 6.47. The molecule has 7 heteroatoms. The lowest BCUT2D eigenvalue weighted by Crippen LogP contribution is -2.17. The van der Waals surface area contributed by atoms with Gasteiger partial charge in [-0.05, 0) is 52.6 Å². The average Bonchev–Trinajstić information content (AvgIpc) is 2.91. The van der Waals surface area contributed by atoms with E-state index in [0.29, 0.717) is 32.7 Å². The van der Waals surface area contributed by atoms with E-state index in [9.17, 15) is 30.0 Å². The predicted molar refractivity (Wildman–Crippen MR) is 152 cm³/mol. The molecule has 5 aromatic rings. The highest BCUT2D eigenvalue weighted by molar-refractivity contribution is 6.02. The summed E-state index contributed by atoms with van der Waals surface area (Å²) < 4.78 is 0. The maximum Gasteiger partial charge on any atom is 0.339 e. The van der Waals surface area contributed by atoms with E-state index in [2.05, 4.69) is 12.1 Å². The fourth-order valence-corrected chi connectivity index (χ4v) is 4.67. The summed E-state index contributed by atoms with van der Waals surface area (Å²) >= 11 is 0. The van der Waals surface area contributed by atoms with Crippen LogP contribution in [-0.2, 0) is 12.8 Å². The number of carboxylic acid groups (broad SMARTS) is 2. The molecule has 5 aromatic carbocycles. The van der Waals surface area contributed by atoms with E-state index in [1.54, 1.807) is 48.5 Å². The normalized spacial score (nSPS) is 11.5. The smallest absolute Gasteiger partial charge is 0.339 e. The highest BCUT2D eigenvalue weighted by Gasteiger charge is 2.22. The minimum Gasteiger partial charge on any atom is -0.507 e. The van der Waals surface area contributed by atoms with Gasteiger partial charge in [-0.3, -0.25) is 0 Å². The maximum absolute atomic E-state index is 11.6. The first-order valence-electron chi connectivity index (χ1n) is 12.4. The summed E-state index contributed by atoms with van der Waals surface area (Å²) in [5, 5.41) is 42.8. The molecule has 0 bridgehead atoms. The fourth-order valence-electron chi connectivity index (χ4n) is 4.67. The van der Waals surface area contributed by atoms with Gasteiger partial charge in [0.15, 0.2) is 0 Å². The zero-order valence-corrected chi connectivity index (χ0v) is 21.3. The van der Waals surface area contributed by atoms with E-state index in [-0.39, 0.29) is 23.6 Å². The van der Waals surface area contributed by atoms with Crippen LogP contribution < -0.4 is 5.73 Å². The van der Waals surface area contributed by atoms with Gasteiger partial charge >= 0.3 is 11.9 Å². The molecule has 0 spiro atoms. The van der Waals surface area contributed by atoms with Gasteiger partial charge in [-0.25, -0.2) is 9.59 Å². The van der Waals surface area contributed by atoms with Crippen molar-refractivity contribution >= 4 is 33.5 Å². The van der Waals surface area contributed by atoms with Crippen LogP contribution >= 0.6 is 0 Å². The summed E-state index contributed by atoms with van der Waals surface area (Å²) in [4.78, 5) is 23.2. The Morgan fingerprint density at radius 3 is 1.51 bits per heavy atom. The molecule has 198 valence electrons. The number of fused-ring (bicyclic) bond motifs is 2. The summed E-state index contributed by atoms with van der Waals surface area (Å²) in [6, 6.07) is 27.3. The number of aromatic hydroxyl groups is 2. The van der Waals surface area contributed by atoms with Gasteiger partial charge in [0.05, 0.1) is 0 Å². The molecule has 39 heavy (non-hydrogen) atoms. The van der Waals surface area contributed by atoms with Crippen molar-refractivity contribution in [2.75, 3.05) is 0 Å².